The molecule has 1 aromatic carbocycles. The highest BCUT2D eigenvalue weighted by molar-refractivity contribution is 5.81. The Bertz CT molecular complexity index is 616. The molecule has 0 unspecified atom stereocenters. The van der Waals surface area contributed by atoms with E-state index >= 15 is 0 Å². The van der Waals surface area contributed by atoms with Crippen LogP contribution in [0.4, 0.5) is 17.6 Å². The summed E-state index contributed by atoms with van der Waals surface area (Å²) >= 11 is 0. The van der Waals surface area contributed by atoms with E-state index in [-0.39, 0.29) is 0 Å². The smallest absolute Gasteiger partial charge is 0.330 e. The van der Waals surface area contributed by atoms with Crippen LogP contribution in [0.25, 0.3) is 0 Å². The van der Waals surface area contributed by atoms with Gasteiger partial charge in [-0.05, 0) is 0 Å². The first-order valence-corrected chi connectivity index (χ1v) is 7.03. The number of carbonyl (C=O) groups excluding carboxylic acids is 2. The average Bonchev–Trinajstić information content (AvgIpc) is 2.64. The van der Waals surface area contributed by atoms with E-state index in [4.69, 9.17) is 0 Å². The van der Waals surface area contributed by atoms with Crippen molar-refractivity contribution in [3.63, 3.8) is 0 Å². The molecule has 0 amide bonds. The summed E-state index contributed by atoms with van der Waals surface area (Å²) in [5, 5.41) is 0. The molecule has 10 heteroatoms. The molecule has 142 valence electrons. The molecule has 1 rings (SSSR count). The van der Waals surface area contributed by atoms with Crippen LogP contribution in [0.3, 0.4) is 0 Å². The van der Waals surface area contributed by atoms with Gasteiger partial charge in [0.15, 0.2) is 11.5 Å². The van der Waals surface area contributed by atoms with Gasteiger partial charge in [-0.15, -0.1) is 0 Å². The van der Waals surface area contributed by atoms with Crippen molar-refractivity contribution in [2.75, 3.05) is 26.4 Å². The normalized spacial score (nSPS) is 10.0. The number of halogens is 4. The summed E-state index contributed by atoms with van der Waals surface area (Å²) < 4.78 is 73.5. The number of carbonyl (C=O) groups is 2. The van der Waals surface area contributed by atoms with Gasteiger partial charge in [-0.3, -0.25) is 0 Å². The van der Waals surface area contributed by atoms with Gasteiger partial charge in [0.05, 0.1) is 0 Å². The average molecular weight is 378 g/mol. The van der Waals surface area contributed by atoms with Crippen LogP contribution in [-0.2, 0) is 19.1 Å². The molecule has 0 aromatic heterocycles. The van der Waals surface area contributed by atoms with Crippen LogP contribution in [0.2, 0.25) is 0 Å². The first-order chi connectivity index (χ1) is 12.3. The van der Waals surface area contributed by atoms with Crippen molar-refractivity contribution in [3.05, 3.63) is 48.6 Å². The third-order valence-electron chi connectivity index (χ3n) is 2.66. The molecule has 0 heterocycles. The standard InChI is InChI=1S/C16H14F4O6/c1-3-9(21)23-5-7-25-15-11(17)13(19)16(14(20)12(15)18)26-8-6-24-10(22)4-2/h3-4H,1-2,5-8H2. The molecule has 0 aliphatic carbocycles. The number of hydrogen-bond donors (Lipinski definition) is 0. The minimum atomic E-state index is -1.84. The monoisotopic (exact) mass is 378 g/mol. The van der Waals surface area contributed by atoms with Crippen molar-refractivity contribution in [2.45, 2.75) is 0 Å². The van der Waals surface area contributed by atoms with Crippen LogP contribution in [0, 0.1) is 23.3 Å². The molecule has 0 spiro atoms. The lowest BCUT2D eigenvalue weighted by Gasteiger charge is -2.13. The molecule has 1 aromatic rings. The van der Waals surface area contributed by atoms with E-state index in [9.17, 15) is 27.2 Å². The largest absolute Gasteiger partial charge is 0.484 e. The Hall–Kier alpha value is -3.04. The van der Waals surface area contributed by atoms with Crippen molar-refractivity contribution in [1.82, 2.24) is 0 Å². The van der Waals surface area contributed by atoms with Gasteiger partial charge < -0.3 is 18.9 Å². The zero-order chi connectivity index (χ0) is 19.7. The maximum absolute atomic E-state index is 13.8. The third-order valence-corrected chi connectivity index (χ3v) is 2.66. The second kappa shape index (κ2) is 10.1. The summed E-state index contributed by atoms with van der Waals surface area (Å²) in [6.45, 7) is 4.25. The van der Waals surface area contributed by atoms with E-state index in [0.29, 0.717) is 0 Å². The van der Waals surface area contributed by atoms with Crippen LogP contribution in [0.1, 0.15) is 0 Å². The van der Waals surface area contributed by atoms with E-state index in [1.807, 2.05) is 0 Å². The lowest BCUT2D eigenvalue weighted by atomic mass is 10.2. The molecule has 0 fully saturated rings. The molecule has 0 saturated heterocycles. The Kier molecular flexibility index (Phi) is 8.13. The van der Waals surface area contributed by atoms with Crippen molar-refractivity contribution in [2.24, 2.45) is 0 Å². The summed E-state index contributed by atoms with van der Waals surface area (Å²) in [6, 6.07) is 0. The summed E-state index contributed by atoms with van der Waals surface area (Å²) in [7, 11) is 0. The summed E-state index contributed by atoms with van der Waals surface area (Å²) in [5.74, 6) is -11.6. The van der Waals surface area contributed by atoms with Gasteiger partial charge in [0.1, 0.15) is 26.4 Å². The number of rotatable bonds is 10. The predicted molar refractivity (Wildman–Crippen MR) is 79.6 cm³/mol. The van der Waals surface area contributed by atoms with Crippen molar-refractivity contribution in [3.8, 4) is 11.5 Å². The van der Waals surface area contributed by atoms with Crippen LogP contribution in [-0.4, -0.2) is 38.4 Å². The maximum Gasteiger partial charge on any atom is 0.330 e. The fourth-order valence-electron chi connectivity index (χ4n) is 1.53. The van der Waals surface area contributed by atoms with Gasteiger partial charge in [0.25, 0.3) is 0 Å². The van der Waals surface area contributed by atoms with Gasteiger partial charge in [-0.2, -0.15) is 17.6 Å². The lowest BCUT2D eigenvalue weighted by Crippen LogP contribution is -2.15. The molecule has 26 heavy (non-hydrogen) atoms. The van der Waals surface area contributed by atoms with Crippen LogP contribution in [0.15, 0.2) is 25.3 Å². The Labute approximate surface area is 145 Å². The minimum absolute atomic E-state index is 0.431. The molecule has 0 radical (unpaired) electrons. The highest BCUT2D eigenvalue weighted by Crippen LogP contribution is 2.34. The molecular formula is C16H14F4O6. The number of ether oxygens (including phenoxy) is 4. The molecule has 0 aliphatic rings. The topological polar surface area (TPSA) is 71.1 Å². The van der Waals surface area contributed by atoms with E-state index in [2.05, 4.69) is 32.1 Å². The Morgan fingerprint density at radius 1 is 0.692 bits per heavy atom. The number of esters is 2. The Balaban J connectivity index is 2.78. The third kappa shape index (κ3) is 5.50. The summed E-state index contributed by atoms with van der Waals surface area (Å²) in [5.41, 5.74) is 0. The zero-order valence-corrected chi connectivity index (χ0v) is 13.4. The molecule has 0 bridgehead atoms. The van der Waals surface area contributed by atoms with Crippen molar-refractivity contribution in [1.29, 1.82) is 0 Å². The maximum atomic E-state index is 13.8. The summed E-state index contributed by atoms with van der Waals surface area (Å²) in [4.78, 5) is 21.6. The van der Waals surface area contributed by atoms with E-state index in [1.165, 1.54) is 0 Å². The fourth-order valence-corrected chi connectivity index (χ4v) is 1.53. The number of benzene rings is 1. The van der Waals surface area contributed by atoms with E-state index in [0.717, 1.165) is 12.2 Å². The van der Waals surface area contributed by atoms with Gasteiger partial charge in [0.2, 0.25) is 23.3 Å². The van der Waals surface area contributed by atoms with Crippen molar-refractivity contribution < 1.29 is 46.1 Å². The molecular weight excluding hydrogens is 364 g/mol. The summed E-state index contributed by atoms with van der Waals surface area (Å²) in [6.07, 6.45) is 1.69. The number of hydrogen-bond acceptors (Lipinski definition) is 6. The van der Waals surface area contributed by atoms with Crippen molar-refractivity contribution >= 4 is 11.9 Å². The zero-order valence-electron chi connectivity index (χ0n) is 13.4. The highest BCUT2D eigenvalue weighted by atomic mass is 19.2. The highest BCUT2D eigenvalue weighted by Gasteiger charge is 2.28. The Morgan fingerprint density at radius 2 is 1.00 bits per heavy atom. The predicted octanol–water partition coefficient (Wildman–Crippen LogP) is 2.46. The van der Waals surface area contributed by atoms with Gasteiger partial charge in [-0.1, -0.05) is 13.2 Å². The Morgan fingerprint density at radius 3 is 1.27 bits per heavy atom. The molecule has 0 aliphatic heterocycles. The second-order valence-electron chi connectivity index (χ2n) is 4.35. The van der Waals surface area contributed by atoms with Crippen LogP contribution in [0.5, 0.6) is 11.5 Å². The molecule has 0 N–H and O–H groups in total. The lowest BCUT2D eigenvalue weighted by molar-refractivity contribution is -0.139. The van der Waals surface area contributed by atoms with E-state index in [1.54, 1.807) is 0 Å². The SMILES string of the molecule is C=CC(=O)OCCOc1c(F)c(F)c(OCCOC(=O)C=C)c(F)c1F. The molecule has 0 saturated carbocycles. The first-order valence-electron chi connectivity index (χ1n) is 7.03. The fraction of sp³-hybridized carbons (Fsp3) is 0.250. The van der Waals surface area contributed by atoms with Gasteiger partial charge >= 0.3 is 11.9 Å². The molecule has 6 nitrogen and oxygen atoms in total. The minimum Gasteiger partial charge on any atom is -0.484 e. The second-order valence-corrected chi connectivity index (χ2v) is 4.35. The van der Waals surface area contributed by atoms with Gasteiger partial charge in [0, 0.05) is 12.2 Å². The van der Waals surface area contributed by atoms with Crippen LogP contribution >= 0.6 is 0 Å². The quantitative estimate of drug-likeness (QED) is 0.205. The van der Waals surface area contributed by atoms with Gasteiger partial charge in [-0.25, -0.2) is 9.59 Å². The van der Waals surface area contributed by atoms with E-state index < -0.39 is 73.1 Å². The van der Waals surface area contributed by atoms with Crippen LogP contribution < -0.4 is 9.47 Å². The molecule has 0 atom stereocenters. The first kappa shape index (κ1) is 21.0.